The van der Waals surface area contributed by atoms with Gasteiger partial charge in [-0.25, -0.2) is 9.97 Å². The van der Waals surface area contributed by atoms with Crippen molar-refractivity contribution in [3.05, 3.63) is 48.3 Å². The third-order valence-corrected chi connectivity index (χ3v) is 4.05. The monoisotopic (exact) mass is 290 g/mol. The number of thioether (sulfide) groups is 1. The van der Waals surface area contributed by atoms with E-state index in [0.29, 0.717) is 5.88 Å². The first-order valence-electron chi connectivity index (χ1n) is 6.21. The molecule has 100 valence electrons. The van der Waals surface area contributed by atoms with Crippen molar-refractivity contribution in [2.45, 2.75) is 30.4 Å². The fourth-order valence-corrected chi connectivity index (χ4v) is 2.97. The van der Waals surface area contributed by atoms with Gasteiger partial charge in [0.2, 0.25) is 14.2 Å². The Morgan fingerprint density at radius 1 is 1.05 bits per heavy atom. The van der Waals surface area contributed by atoms with Crippen molar-refractivity contribution < 1.29 is 4.43 Å². The zero-order valence-electron chi connectivity index (χ0n) is 11.5. The van der Waals surface area contributed by atoms with E-state index in [0.717, 1.165) is 10.8 Å². The number of nitrogens with zero attached hydrogens (tertiary/aromatic N) is 2. The summed E-state index contributed by atoms with van der Waals surface area (Å²) in [5, 5.41) is 0.923. The van der Waals surface area contributed by atoms with E-state index in [-0.39, 0.29) is 0 Å². The van der Waals surface area contributed by atoms with Gasteiger partial charge in [-0.2, -0.15) is 0 Å². The van der Waals surface area contributed by atoms with Crippen LogP contribution in [0.2, 0.25) is 19.6 Å². The molecule has 1 heterocycles. The van der Waals surface area contributed by atoms with Crippen molar-refractivity contribution >= 4 is 20.1 Å². The highest BCUT2D eigenvalue weighted by molar-refractivity contribution is 7.98. The molecule has 0 unspecified atom stereocenters. The summed E-state index contributed by atoms with van der Waals surface area (Å²) in [6, 6.07) is 10.3. The van der Waals surface area contributed by atoms with Gasteiger partial charge in [-0.05, 0) is 25.2 Å². The summed E-state index contributed by atoms with van der Waals surface area (Å²) < 4.78 is 5.78. The Morgan fingerprint density at radius 3 is 2.37 bits per heavy atom. The molecule has 0 aliphatic heterocycles. The molecule has 2 aromatic rings. The molecular weight excluding hydrogens is 272 g/mol. The van der Waals surface area contributed by atoms with E-state index < -0.39 is 8.32 Å². The van der Waals surface area contributed by atoms with Gasteiger partial charge in [0.25, 0.3) is 0 Å². The second-order valence-electron chi connectivity index (χ2n) is 5.18. The molecule has 0 bridgehead atoms. The molecule has 0 saturated carbocycles. The van der Waals surface area contributed by atoms with E-state index in [9.17, 15) is 0 Å². The van der Waals surface area contributed by atoms with Gasteiger partial charge in [0.1, 0.15) is 5.03 Å². The normalized spacial score (nSPS) is 11.3. The molecule has 2 rings (SSSR count). The van der Waals surface area contributed by atoms with Gasteiger partial charge in [-0.1, -0.05) is 30.3 Å². The van der Waals surface area contributed by atoms with Crippen LogP contribution in [0.25, 0.3) is 0 Å². The highest BCUT2D eigenvalue weighted by Crippen LogP contribution is 2.21. The lowest BCUT2D eigenvalue weighted by molar-refractivity contribution is 0.528. The van der Waals surface area contributed by atoms with E-state index in [4.69, 9.17) is 4.43 Å². The smallest absolute Gasteiger partial charge is 0.244 e. The molecule has 0 spiro atoms. The van der Waals surface area contributed by atoms with Crippen molar-refractivity contribution in [3.63, 3.8) is 0 Å². The van der Waals surface area contributed by atoms with Crippen molar-refractivity contribution in [2.24, 2.45) is 0 Å². The van der Waals surface area contributed by atoms with Crippen molar-refractivity contribution in [1.82, 2.24) is 9.97 Å². The Kier molecular flexibility index (Phi) is 4.60. The second-order valence-corrected chi connectivity index (χ2v) is 10.6. The molecule has 19 heavy (non-hydrogen) atoms. The van der Waals surface area contributed by atoms with E-state index in [1.807, 2.05) is 18.2 Å². The molecule has 0 aliphatic rings. The lowest BCUT2D eigenvalue weighted by Gasteiger charge is -2.17. The maximum absolute atomic E-state index is 5.78. The summed E-state index contributed by atoms with van der Waals surface area (Å²) >= 11 is 1.68. The van der Waals surface area contributed by atoms with Gasteiger partial charge in [0, 0.05) is 5.75 Å². The molecule has 1 aromatic carbocycles. The predicted octanol–water partition coefficient (Wildman–Crippen LogP) is 3.98. The van der Waals surface area contributed by atoms with Gasteiger partial charge in [-0.3, -0.25) is 0 Å². The highest BCUT2D eigenvalue weighted by Gasteiger charge is 2.17. The minimum Gasteiger partial charge on any atom is -0.530 e. The van der Waals surface area contributed by atoms with Crippen molar-refractivity contribution in [1.29, 1.82) is 0 Å². The standard InChI is InChI=1S/C14H18N2OSSi/c1-19(2,3)17-13-9-16-14(10-15-13)18-11-12-7-5-4-6-8-12/h4-10H,11H2,1-3H3. The Labute approximate surface area is 119 Å². The van der Waals surface area contributed by atoms with Crippen LogP contribution in [0.5, 0.6) is 5.88 Å². The van der Waals surface area contributed by atoms with E-state index in [2.05, 4.69) is 41.7 Å². The molecule has 0 aliphatic carbocycles. The molecule has 1 aromatic heterocycles. The Morgan fingerprint density at radius 2 is 1.79 bits per heavy atom. The summed E-state index contributed by atoms with van der Waals surface area (Å²) in [4.78, 5) is 8.68. The zero-order chi connectivity index (χ0) is 13.7. The predicted molar refractivity (Wildman–Crippen MR) is 82.0 cm³/mol. The first-order valence-corrected chi connectivity index (χ1v) is 10.6. The molecule has 3 nitrogen and oxygen atoms in total. The molecule has 0 N–H and O–H groups in total. The largest absolute Gasteiger partial charge is 0.530 e. The van der Waals surface area contributed by atoms with Crippen LogP contribution in [0.4, 0.5) is 0 Å². The quantitative estimate of drug-likeness (QED) is 0.616. The molecule has 0 saturated heterocycles. The maximum atomic E-state index is 5.78. The molecule has 0 radical (unpaired) electrons. The SMILES string of the molecule is C[Si](C)(C)Oc1cnc(SCc2ccccc2)cn1. The Bertz CT molecular complexity index is 511. The zero-order valence-corrected chi connectivity index (χ0v) is 13.3. The van der Waals surface area contributed by atoms with Crippen LogP contribution in [0.3, 0.4) is 0 Å². The third kappa shape index (κ3) is 5.04. The number of aromatic nitrogens is 2. The molecule has 0 fully saturated rings. The summed E-state index contributed by atoms with van der Waals surface area (Å²) in [6.07, 6.45) is 3.49. The Hall–Kier alpha value is -1.33. The maximum Gasteiger partial charge on any atom is 0.244 e. The Balaban J connectivity index is 1.92. The van der Waals surface area contributed by atoms with Gasteiger partial charge in [0.15, 0.2) is 0 Å². The molecule has 5 heteroatoms. The summed E-state index contributed by atoms with van der Waals surface area (Å²) in [5.74, 6) is 1.53. The second kappa shape index (κ2) is 6.21. The number of rotatable bonds is 5. The minimum absolute atomic E-state index is 0.628. The number of hydrogen-bond acceptors (Lipinski definition) is 4. The van der Waals surface area contributed by atoms with E-state index in [1.165, 1.54) is 5.56 Å². The van der Waals surface area contributed by atoms with E-state index in [1.54, 1.807) is 24.2 Å². The van der Waals surface area contributed by atoms with Crippen LogP contribution in [-0.4, -0.2) is 18.3 Å². The van der Waals surface area contributed by atoms with Crippen LogP contribution in [0.1, 0.15) is 5.56 Å². The van der Waals surface area contributed by atoms with Crippen LogP contribution < -0.4 is 4.43 Å². The lowest BCUT2D eigenvalue weighted by atomic mass is 10.2. The summed E-state index contributed by atoms with van der Waals surface area (Å²) in [6.45, 7) is 6.40. The summed E-state index contributed by atoms with van der Waals surface area (Å²) in [5.41, 5.74) is 1.29. The van der Waals surface area contributed by atoms with Gasteiger partial charge >= 0.3 is 0 Å². The van der Waals surface area contributed by atoms with Crippen molar-refractivity contribution in [3.8, 4) is 5.88 Å². The van der Waals surface area contributed by atoms with Gasteiger partial charge in [-0.15, -0.1) is 11.8 Å². The fraction of sp³-hybridized carbons (Fsp3) is 0.286. The molecule has 0 atom stereocenters. The van der Waals surface area contributed by atoms with Crippen molar-refractivity contribution in [2.75, 3.05) is 0 Å². The minimum atomic E-state index is -1.60. The van der Waals surface area contributed by atoms with Crippen LogP contribution >= 0.6 is 11.8 Å². The van der Waals surface area contributed by atoms with Gasteiger partial charge in [0.05, 0.1) is 12.4 Å². The topological polar surface area (TPSA) is 35.0 Å². The fourth-order valence-electron chi connectivity index (χ4n) is 1.48. The number of hydrogen-bond donors (Lipinski definition) is 0. The molecular formula is C14H18N2OSSi. The lowest BCUT2D eigenvalue weighted by Crippen LogP contribution is -2.29. The average molecular weight is 290 g/mol. The highest BCUT2D eigenvalue weighted by atomic mass is 32.2. The van der Waals surface area contributed by atoms with Crippen LogP contribution in [-0.2, 0) is 5.75 Å². The first-order chi connectivity index (χ1) is 9.03. The number of benzene rings is 1. The van der Waals surface area contributed by atoms with Crippen LogP contribution in [0.15, 0.2) is 47.8 Å². The summed E-state index contributed by atoms with van der Waals surface area (Å²) in [7, 11) is -1.60. The molecule has 0 amide bonds. The third-order valence-electron chi connectivity index (χ3n) is 2.24. The van der Waals surface area contributed by atoms with E-state index >= 15 is 0 Å². The van der Waals surface area contributed by atoms with Gasteiger partial charge < -0.3 is 4.43 Å². The van der Waals surface area contributed by atoms with Crippen LogP contribution in [0, 0.1) is 0 Å². The average Bonchev–Trinajstić information content (AvgIpc) is 2.37. The first kappa shape index (κ1) is 14.1.